The summed E-state index contributed by atoms with van der Waals surface area (Å²) in [5.74, 6) is 0.138. The molecule has 6 heteroatoms. The fourth-order valence-corrected chi connectivity index (χ4v) is 3.39. The number of amides is 2. The van der Waals surface area contributed by atoms with Gasteiger partial charge in [0.25, 0.3) is 0 Å². The summed E-state index contributed by atoms with van der Waals surface area (Å²) in [5.41, 5.74) is 0.649. The number of hydrogen-bond acceptors (Lipinski definition) is 3. The van der Waals surface area contributed by atoms with Crippen LogP contribution in [0.15, 0.2) is 36.5 Å². The Labute approximate surface area is 160 Å². The number of carbonyl (C=O) groups is 2. The van der Waals surface area contributed by atoms with Crippen LogP contribution in [-0.4, -0.2) is 58.1 Å². The Kier molecular flexibility index (Phi) is 5.73. The first-order valence-electron chi connectivity index (χ1n) is 9.63. The summed E-state index contributed by atoms with van der Waals surface area (Å²) in [6.45, 7) is 8.65. The molecule has 27 heavy (non-hydrogen) atoms. The van der Waals surface area contributed by atoms with Gasteiger partial charge in [0.15, 0.2) is 0 Å². The van der Waals surface area contributed by atoms with Crippen LogP contribution in [-0.2, 0) is 16.1 Å². The van der Waals surface area contributed by atoms with Crippen molar-refractivity contribution in [3.63, 3.8) is 0 Å². The molecule has 0 spiro atoms. The lowest BCUT2D eigenvalue weighted by Gasteiger charge is -2.26. The monoisotopic (exact) mass is 371 g/mol. The summed E-state index contributed by atoms with van der Waals surface area (Å²) < 4.78 is 7.57. The molecule has 1 aromatic heterocycles. The summed E-state index contributed by atoms with van der Waals surface area (Å²) >= 11 is 0. The molecule has 1 aliphatic rings. The highest BCUT2D eigenvalue weighted by atomic mass is 16.6. The highest BCUT2D eigenvalue weighted by Gasteiger charge is 2.25. The largest absolute Gasteiger partial charge is 0.444 e. The molecule has 0 aliphatic carbocycles. The van der Waals surface area contributed by atoms with Gasteiger partial charge >= 0.3 is 6.09 Å². The van der Waals surface area contributed by atoms with Gasteiger partial charge in [-0.2, -0.15) is 0 Å². The molecule has 2 heterocycles. The standard InChI is InChI=1S/C21H29N3O3/c1-21(2,3)27-20(26)24-12-6-11-23(15-16-24)19(25)10-14-22-13-9-17-7-4-5-8-18(17)22/h4-5,7-9,13H,6,10-12,14-16H2,1-3H3. The number of nitrogens with zero attached hydrogens (tertiary/aromatic N) is 3. The highest BCUT2D eigenvalue weighted by molar-refractivity contribution is 5.80. The van der Waals surface area contributed by atoms with E-state index in [1.165, 1.54) is 5.39 Å². The number of benzene rings is 1. The van der Waals surface area contributed by atoms with E-state index in [0.717, 1.165) is 11.9 Å². The van der Waals surface area contributed by atoms with E-state index in [9.17, 15) is 9.59 Å². The number of ether oxygens (including phenoxy) is 1. The Morgan fingerprint density at radius 2 is 1.70 bits per heavy atom. The number of hydrogen-bond donors (Lipinski definition) is 0. The molecule has 3 rings (SSSR count). The molecule has 1 aromatic carbocycles. The second-order valence-electron chi connectivity index (χ2n) is 8.02. The number of rotatable bonds is 3. The maximum Gasteiger partial charge on any atom is 0.410 e. The fraction of sp³-hybridized carbons (Fsp3) is 0.524. The van der Waals surface area contributed by atoms with E-state index in [2.05, 4.69) is 22.8 Å². The van der Waals surface area contributed by atoms with Crippen molar-refractivity contribution < 1.29 is 14.3 Å². The van der Waals surface area contributed by atoms with Crippen LogP contribution in [0.25, 0.3) is 10.9 Å². The molecule has 146 valence electrons. The van der Waals surface area contributed by atoms with Gasteiger partial charge < -0.3 is 19.1 Å². The Balaban J connectivity index is 1.53. The summed E-state index contributed by atoms with van der Waals surface area (Å²) in [4.78, 5) is 28.5. The first-order chi connectivity index (χ1) is 12.8. The van der Waals surface area contributed by atoms with Crippen molar-refractivity contribution in [3.8, 4) is 0 Å². The van der Waals surface area contributed by atoms with Crippen LogP contribution in [0.1, 0.15) is 33.6 Å². The van der Waals surface area contributed by atoms with Crippen molar-refractivity contribution in [1.29, 1.82) is 0 Å². The predicted octanol–water partition coefficient (Wildman–Crippen LogP) is 3.50. The normalized spacial score (nSPS) is 15.7. The maximum atomic E-state index is 12.7. The zero-order valence-electron chi connectivity index (χ0n) is 16.5. The van der Waals surface area contributed by atoms with Crippen LogP contribution in [0.3, 0.4) is 0 Å². The molecule has 0 atom stereocenters. The highest BCUT2D eigenvalue weighted by Crippen LogP contribution is 2.16. The van der Waals surface area contributed by atoms with Gasteiger partial charge in [-0.3, -0.25) is 4.79 Å². The minimum Gasteiger partial charge on any atom is -0.444 e. The van der Waals surface area contributed by atoms with Crippen LogP contribution in [0.5, 0.6) is 0 Å². The van der Waals surface area contributed by atoms with Gasteiger partial charge in [-0.15, -0.1) is 0 Å². The third-order valence-electron chi connectivity index (χ3n) is 4.75. The number of aromatic nitrogens is 1. The average Bonchev–Trinajstić information content (AvgIpc) is 2.85. The Morgan fingerprint density at radius 1 is 1.00 bits per heavy atom. The third kappa shape index (κ3) is 5.02. The lowest BCUT2D eigenvalue weighted by molar-refractivity contribution is -0.131. The number of aryl methyl sites for hydroxylation is 1. The molecular weight excluding hydrogens is 342 g/mol. The van der Waals surface area contributed by atoms with Gasteiger partial charge in [-0.1, -0.05) is 18.2 Å². The van der Waals surface area contributed by atoms with Gasteiger partial charge in [0.2, 0.25) is 5.91 Å². The van der Waals surface area contributed by atoms with Crippen LogP contribution in [0.4, 0.5) is 4.79 Å². The van der Waals surface area contributed by atoms with Crippen LogP contribution >= 0.6 is 0 Å². The summed E-state index contributed by atoms with van der Waals surface area (Å²) in [6.07, 6.45) is 2.98. The van der Waals surface area contributed by atoms with E-state index in [1.54, 1.807) is 4.90 Å². The quantitative estimate of drug-likeness (QED) is 0.830. The van der Waals surface area contributed by atoms with Crippen LogP contribution < -0.4 is 0 Å². The summed E-state index contributed by atoms with van der Waals surface area (Å²) in [7, 11) is 0. The van der Waals surface area contributed by atoms with Crippen molar-refractivity contribution >= 4 is 22.9 Å². The van der Waals surface area contributed by atoms with Crippen molar-refractivity contribution in [2.24, 2.45) is 0 Å². The van der Waals surface area contributed by atoms with E-state index < -0.39 is 5.60 Å². The molecule has 0 saturated carbocycles. The first-order valence-corrected chi connectivity index (χ1v) is 9.63. The minimum absolute atomic E-state index is 0.138. The lowest BCUT2D eigenvalue weighted by atomic mass is 10.2. The SMILES string of the molecule is CC(C)(C)OC(=O)N1CCCN(C(=O)CCn2ccc3ccccc32)CC1. The molecule has 0 radical (unpaired) electrons. The molecule has 0 N–H and O–H groups in total. The Hall–Kier alpha value is -2.50. The van der Waals surface area contributed by atoms with Gasteiger partial charge in [0.05, 0.1) is 0 Å². The van der Waals surface area contributed by atoms with Crippen molar-refractivity contribution in [2.45, 2.75) is 45.8 Å². The van der Waals surface area contributed by atoms with Crippen molar-refractivity contribution in [3.05, 3.63) is 36.5 Å². The predicted molar refractivity (Wildman–Crippen MR) is 106 cm³/mol. The fourth-order valence-electron chi connectivity index (χ4n) is 3.39. The Bertz CT molecular complexity index is 806. The van der Waals surface area contributed by atoms with Gasteiger partial charge in [-0.25, -0.2) is 4.79 Å². The molecule has 6 nitrogen and oxygen atoms in total. The minimum atomic E-state index is -0.502. The molecule has 1 saturated heterocycles. The van der Waals surface area contributed by atoms with Crippen molar-refractivity contribution in [2.75, 3.05) is 26.2 Å². The zero-order valence-corrected chi connectivity index (χ0v) is 16.5. The topological polar surface area (TPSA) is 54.8 Å². The zero-order chi connectivity index (χ0) is 19.4. The molecule has 1 aliphatic heterocycles. The summed E-state index contributed by atoms with van der Waals surface area (Å²) in [6, 6.07) is 10.3. The van der Waals surface area contributed by atoms with Crippen LogP contribution in [0, 0.1) is 0 Å². The molecule has 2 aromatic rings. The van der Waals surface area contributed by atoms with Gasteiger partial charge in [0, 0.05) is 50.9 Å². The number of carbonyl (C=O) groups excluding carboxylic acids is 2. The second kappa shape index (κ2) is 8.03. The van der Waals surface area contributed by atoms with Gasteiger partial charge in [-0.05, 0) is 44.7 Å². The smallest absolute Gasteiger partial charge is 0.410 e. The van der Waals surface area contributed by atoms with E-state index in [4.69, 9.17) is 4.74 Å². The molecular formula is C21H29N3O3. The second-order valence-corrected chi connectivity index (χ2v) is 8.02. The number of fused-ring (bicyclic) bond motifs is 1. The molecule has 2 amide bonds. The first kappa shape index (κ1) is 19.3. The van der Waals surface area contributed by atoms with E-state index in [-0.39, 0.29) is 12.0 Å². The van der Waals surface area contributed by atoms with Crippen molar-refractivity contribution in [1.82, 2.24) is 14.4 Å². The number of para-hydroxylation sites is 1. The van der Waals surface area contributed by atoms with E-state index in [0.29, 0.717) is 39.1 Å². The van der Waals surface area contributed by atoms with E-state index >= 15 is 0 Å². The molecule has 1 fully saturated rings. The Morgan fingerprint density at radius 3 is 2.48 bits per heavy atom. The molecule has 0 unspecified atom stereocenters. The summed E-state index contributed by atoms with van der Waals surface area (Å²) in [5, 5.41) is 1.19. The lowest BCUT2D eigenvalue weighted by Crippen LogP contribution is -2.40. The van der Waals surface area contributed by atoms with Gasteiger partial charge in [0.1, 0.15) is 5.60 Å². The van der Waals surface area contributed by atoms with Crippen LogP contribution in [0.2, 0.25) is 0 Å². The van der Waals surface area contributed by atoms with E-state index in [1.807, 2.05) is 44.0 Å². The maximum absolute atomic E-state index is 12.7. The molecule has 0 bridgehead atoms. The third-order valence-corrected chi connectivity index (χ3v) is 4.75. The average molecular weight is 371 g/mol.